The van der Waals surface area contributed by atoms with E-state index in [1.54, 1.807) is 7.11 Å². The second kappa shape index (κ2) is 6.78. The predicted molar refractivity (Wildman–Crippen MR) is 78.2 cm³/mol. The summed E-state index contributed by atoms with van der Waals surface area (Å²) in [6.07, 6.45) is 0. The largest absolute Gasteiger partial charge is 0.491 e. The number of rotatable bonds is 5. The number of hydrogen-bond acceptors (Lipinski definition) is 4. The van der Waals surface area contributed by atoms with Gasteiger partial charge in [0, 0.05) is 38.5 Å². The Labute approximate surface area is 115 Å². The average Bonchev–Trinajstić information content (AvgIpc) is 2.41. The van der Waals surface area contributed by atoms with Crippen molar-refractivity contribution in [2.45, 2.75) is 19.9 Å². The number of ether oxygens (including phenoxy) is 2. The van der Waals surface area contributed by atoms with E-state index in [0.29, 0.717) is 19.3 Å². The van der Waals surface area contributed by atoms with Crippen LogP contribution in [0.5, 0.6) is 5.75 Å². The van der Waals surface area contributed by atoms with Gasteiger partial charge in [-0.3, -0.25) is 0 Å². The standard InChI is InChI=1S/C15H24N2O2/c1-12-10-14(17-7-6-16-13(2)11-17)4-5-15(12)19-9-8-18-3/h4-5,10,13,16H,6-9,11H2,1-3H3. The maximum absolute atomic E-state index is 5.68. The summed E-state index contributed by atoms with van der Waals surface area (Å²) in [5, 5.41) is 3.46. The fourth-order valence-electron chi connectivity index (χ4n) is 2.39. The summed E-state index contributed by atoms with van der Waals surface area (Å²) in [4.78, 5) is 2.42. The SMILES string of the molecule is COCCOc1ccc(N2CCNC(C)C2)cc1C. The molecule has 0 saturated carbocycles. The molecule has 0 amide bonds. The monoisotopic (exact) mass is 264 g/mol. The molecule has 0 aromatic heterocycles. The third kappa shape index (κ3) is 3.85. The third-order valence-corrected chi connectivity index (χ3v) is 3.44. The van der Waals surface area contributed by atoms with Crippen molar-refractivity contribution in [1.29, 1.82) is 0 Å². The molecule has 19 heavy (non-hydrogen) atoms. The van der Waals surface area contributed by atoms with E-state index in [1.807, 2.05) is 0 Å². The Hall–Kier alpha value is -1.26. The van der Waals surface area contributed by atoms with Crippen LogP contribution in [0.25, 0.3) is 0 Å². The van der Waals surface area contributed by atoms with Gasteiger partial charge in [0.2, 0.25) is 0 Å². The Morgan fingerprint density at radius 3 is 2.89 bits per heavy atom. The van der Waals surface area contributed by atoms with E-state index >= 15 is 0 Å². The molecule has 0 spiro atoms. The fourth-order valence-corrected chi connectivity index (χ4v) is 2.39. The molecule has 0 bridgehead atoms. The first-order valence-electron chi connectivity index (χ1n) is 6.91. The second-order valence-corrected chi connectivity index (χ2v) is 5.09. The lowest BCUT2D eigenvalue weighted by molar-refractivity contribution is 0.146. The van der Waals surface area contributed by atoms with Gasteiger partial charge in [-0.2, -0.15) is 0 Å². The molecule has 2 rings (SSSR count). The van der Waals surface area contributed by atoms with Crippen molar-refractivity contribution in [1.82, 2.24) is 5.32 Å². The first-order valence-corrected chi connectivity index (χ1v) is 6.91. The highest BCUT2D eigenvalue weighted by Crippen LogP contribution is 2.25. The fraction of sp³-hybridized carbons (Fsp3) is 0.600. The molecule has 1 aliphatic rings. The number of piperazine rings is 1. The number of nitrogens with one attached hydrogen (secondary N) is 1. The highest BCUT2D eigenvalue weighted by molar-refractivity contribution is 5.53. The molecule has 1 atom stereocenters. The van der Waals surface area contributed by atoms with Crippen LogP contribution in [0, 0.1) is 6.92 Å². The third-order valence-electron chi connectivity index (χ3n) is 3.44. The van der Waals surface area contributed by atoms with Gasteiger partial charge in [0.25, 0.3) is 0 Å². The lowest BCUT2D eigenvalue weighted by Gasteiger charge is -2.34. The van der Waals surface area contributed by atoms with Gasteiger partial charge >= 0.3 is 0 Å². The van der Waals surface area contributed by atoms with E-state index in [9.17, 15) is 0 Å². The van der Waals surface area contributed by atoms with E-state index in [0.717, 1.165) is 25.4 Å². The van der Waals surface area contributed by atoms with Gasteiger partial charge < -0.3 is 19.7 Å². The topological polar surface area (TPSA) is 33.7 Å². The van der Waals surface area contributed by atoms with Crippen LogP contribution in [-0.4, -0.2) is 46.0 Å². The van der Waals surface area contributed by atoms with Crippen molar-refractivity contribution >= 4 is 5.69 Å². The zero-order valence-electron chi connectivity index (χ0n) is 12.1. The molecule has 1 aliphatic heterocycles. The Balaban J connectivity index is 2.01. The number of anilines is 1. The quantitative estimate of drug-likeness (QED) is 0.823. The summed E-state index contributed by atoms with van der Waals surface area (Å²) in [5.41, 5.74) is 2.46. The van der Waals surface area contributed by atoms with Crippen molar-refractivity contribution in [3.05, 3.63) is 23.8 Å². The molecule has 1 unspecified atom stereocenters. The Morgan fingerprint density at radius 1 is 1.37 bits per heavy atom. The molecule has 1 aromatic carbocycles. The molecular formula is C15H24N2O2. The van der Waals surface area contributed by atoms with Crippen LogP contribution < -0.4 is 15.0 Å². The summed E-state index contributed by atoms with van der Waals surface area (Å²) in [7, 11) is 1.69. The maximum Gasteiger partial charge on any atom is 0.122 e. The molecule has 0 radical (unpaired) electrons. The normalized spacial score (nSPS) is 19.5. The first-order chi connectivity index (χ1) is 9.20. The van der Waals surface area contributed by atoms with E-state index in [1.165, 1.54) is 11.3 Å². The van der Waals surface area contributed by atoms with Crippen molar-refractivity contribution in [2.24, 2.45) is 0 Å². The van der Waals surface area contributed by atoms with Crippen LogP contribution in [-0.2, 0) is 4.74 Å². The van der Waals surface area contributed by atoms with Crippen LogP contribution >= 0.6 is 0 Å². The van der Waals surface area contributed by atoms with Gasteiger partial charge in [-0.05, 0) is 37.6 Å². The number of aryl methyl sites for hydroxylation is 1. The number of methoxy groups -OCH3 is 1. The van der Waals surface area contributed by atoms with Gasteiger partial charge in [0.15, 0.2) is 0 Å². The van der Waals surface area contributed by atoms with Gasteiger partial charge in [0.1, 0.15) is 12.4 Å². The van der Waals surface area contributed by atoms with Gasteiger partial charge in [0.05, 0.1) is 6.61 Å². The highest BCUT2D eigenvalue weighted by Gasteiger charge is 2.16. The summed E-state index contributed by atoms with van der Waals surface area (Å²) in [6, 6.07) is 6.96. The van der Waals surface area contributed by atoms with Gasteiger partial charge in [-0.25, -0.2) is 0 Å². The van der Waals surface area contributed by atoms with Gasteiger partial charge in [-0.1, -0.05) is 0 Å². The smallest absolute Gasteiger partial charge is 0.122 e. The summed E-state index contributed by atoms with van der Waals surface area (Å²) in [6.45, 7) is 8.71. The predicted octanol–water partition coefficient (Wildman–Crippen LogP) is 1.82. The number of hydrogen-bond donors (Lipinski definition) is 1. The molecule has 0 aliphatic carbocycles. The summed E-state index contributed by atoms with van der Waals surface area (Å²) in [5.74, 6) is 0.948. The summed E-state index contributed by atoms with van der Waals surface area (Å²) >= 11 is 0. The number of benzene rings is 1. The van der Waals surface area contributed by atoms with Crippen LogP contribution in [0.3, 0.4) is 0 Å². The molecule has 1 fully saturated rings. The van der Waals surface area contributed by atoms with E-state index < -0.39 is 0 Å². The second-order valence-electron chi connectivity index (χ2n) is 5.09. The molecule has 4 heteroatoms. The first kappa shape index (κ1) is 14.2. The molecule has 1 saturated heterocycles. The summed E-state index contributed by atoms with van der Waals surface area (Å²) < 4.78 is 10.7. The minimum Gasteiger partial charge on any atom is -0.491 e. The van der Waals surface area contributed by atoms with Crippen LogP contribution in [0.2, 0.25) is 0 Å². The Kier molecular flexibility index (Phi) is 5.05. The van der Waals surface area contributed by atoms with Crippen molar-refractivity contribution in [3.8, 4) is 5.75 Å². The lowest BCUT2D eigenvalue weighted by Crippen LogP contribution is -2.49. The Bertz CT molecular complexity index is 409. The maximum atomic E-state index is 5.68. The van der Waals surface area contributed by atoms with Crippen LogP contribution in [0.1, 0.15) is 12.5 Å². The molecule has 106 valence electrons. The molecule has 1 heterocycles. The van der Waals surface area contributed by atoms with Gasteiger partial charge in [-0.15, -0.1) is 0 Å². The van der Waals surface area contributed by atoms with Crippen molar-refractivity contribution in [2.75, 3.05) is 44.9 Å². The molecule has 1 aromatic rings. The number of nitrogens with zero attached hydrogens (tertiary/aromatic N) is 1. The minimum absolute atomic E-state index is 0.548. The van der Waals surface area contributed by atoms with Crippen LogP contribution in [0.15, 0.2) is 18.2 Å². The zero-order valence-corrected chi connectivity index (χ0v) is 12.1. The van der Waals surface area contributed by atoms with E-state index in [-0.39, 0.29) is 0 Å². The highest BCUT2D eigenvalue weighted by atomic mass is 16.5. The molecule has 4 nitrogen and oxygen atoms in total. The van der Waals surface area contributed by atoms with E-state index in [2.05, 4.69) is 42.3 Å². The zero-order chi connectivity index (χ0) is 13.7. The average molecular weight is 264 g/mol. The van der Waals surface area contributed by atoms with Crippen LogP contribution in [0.4, 0.5) is 5.69 Å². The van der Waals surface area contributed by atoms with Crippen molar-refractivity contribution < 1.29 is 9.47 Å². The molecular weight excluding hydrogens is 240 g/mol. The van der Waals surface area contributed by atoms with E-state index in [4.69, 9.17) is 9.47 Å². The minimum atomic E-state index is 0.548. The Morgan fingerprint density at radius 2 is 2.21 bits per heavy atom. The van der Waals surface area contributed by atoms with Crippen molar-refractivity contribution in [3.63, 3.8) is 0 Å². The lowest BCUT2D eigenvalue weighted by atomic mass is 10.1. The molecule has 1 N–H and O–H groups in total.